The van der Waals surface area contributed by atoms with E-state index >= 15 is 0 Å². The quantitative estimate of drug-likeness (QED) is 0.701. The highest BCUT2D eigenvalue weighted by Gasteiger charge is 2.33. The van der Waals surface area contributed by atoms with E-state index in [9.17, 15) is 9.59 Å². The molecule has 0 aliphatic carbocycles. The summed E-state index contributed by atoms with van der Waals surface area (Å²) in [6.45, 7) is 1.46. The van der Waals surface area contributed by atoms with Crippen molar-refractivity contribution < 1.29 is 24.2 Å². The summed E-state index contributed by atoms with van der Waals surface area (Å²) in [5.74, 6) is -0.221. The highest BCUT2D eigenvalue weighted by atomic mass is 35.5. The lowest BCUT2D eigenvalue weighted by Gasteiger charge is -2.16. The molecule has 1 aliphatic heterocycles. The third kappa shape index (κ3) is 5.37. The summed E-state index contributed by atoms with van der Waals surface area (Å²) >= 11 is 5.82. The van der Waals surface area contributed by atoms with E-state index in [0.29, 0.717) is 30.5 Å². The lowest BCUT2D eigenvalue weighted by Crippen LogP contribution is -2.25. The third-order valence-corrected chi connectivity index (χ3v) is 4.55. The predicted octanol–water partition coefficient (Wildman–Crippen LogP) is 3.23. The minimum atomic E-state index is -0.921. The van der Waals surface area contributed by atoms with Crippen molar-refractivity contribution in [3.8, 4) is 11.5 Å². The van der Waals surface area contributed by atoms with Crippen LogP contribution in [0.15, 0.2) is 48.5 Å². The third-order valence-electron chi connectivity index (χ3n) is 4.29. The Hall–Kier alpha value is -2.73. The number of benzene rings is 2. The standard InChI is InChI=1S/C20H20ClNO5/c21-16-3-7-18(8-4-16)27-10-9-26-17-5-1-14(2-6-17)12-22-13-15(20(24)25)11-19(22)23/h1-8,15H,9-13H2,(H,24,25). The van der Waals surface area contributed by atoms with Gasteiger partial charge in [-0.1, -0.05) is 23.7 Å². The maximum atomic E-state index is 11.9. The molecule has 7 heteroatoms. The fourth-order valence-electron chi connectivity index (χ4n) is 2.85. The Bertz CT molecular complexity index is 791. The molecule has 1 fully saturated rings. The number of aliphatic carboxylic acids is 1. The van der Waals surface area contributed by atoms with E-state index in [4.69, 9.17) is 26.2 Å². The topological polar surface area (TPSA) is 76.1 Å². The number of amides is 1. The molecule has 0 saturated carbocycles. The van der Waals surface area contributed by atoms with Crippen molar-refractivity contribution in [2.45, 2.75) is 13.0 Å². The summed E-state index contributed by atoms with van der Waals surface area (Å²) in [6, 6.07) is 14.5. The summed E-state index contributed by atoms with van der Waals surface area (Å²) in [7, 11) is 0. The molecule has 2 aromatic carbocycles. The number of halogens is 1. The lowest BCUT2D eigenvalue weighted by atomic mass is 10.1. The molecule has 0 spiro atoms. The fourth-order valence-corrected chi connectivity index (χ4v) is 2.98. The minimum Gasteiger partial charge on any atom is -0.490 e. The molecule has 1 unspecified atom stereocenters. The van der Waals surface area contributed by atoms with Crippen LogP contribution in [0.1, 0.15) is 12.0 Å². The predicted molar refractivity (Wildman–Crippen MR) is 100 cm³/mol. The van der Waals surface area contributed by atoms with E-state index in [1.54, 1.807) is 29.2 Å². The zero-order valence-electron chi connectivity index (χ0n) is 14.6. The molecule has 0 bridgehead atoms. The number of hydrogen-bond acceptors (Lipinski definition) is 4. The van der Waals surface area contributed by atoms with Crippen LogP contribution in [0, 0.1) is 5.92 Å². The number of carbonyl (C=O) groups excluding carboxylic acids is 1. The molecule has 1 heterocycles. The second-order valence-electron chi connectivity index (χ2n) is 6.31. The summed E-state index contributed by atoms with van der Waals surface area (Å²) in [4.78, 5) is 24.5. The van der Waals surface area contributed by atoms with Crippen molar-refractivity contribution in [2.75, 3.05) is 19.8 Å². The van der Waals surface area contributed by atoms with Crippen LogP contribution in [-0.4, -0.2) is 41.6 Å². The van der Waals surface area contributed by atoms with Crippen LogP contribution in [0.2, 0.25) is 5.02 Å². The van der Waals surface area contributed by atoms with Gasteiger partial charge in [0.2, 0.25) is 5.91 Å². The molecule has 6 nitrogen and oxygen atoms in total. The maximum absolute atomic E-state index is 11.9. The van der Waals surface area contributed by atoms with E-state index < -0.39 is 11.9 Å². The van der Waals surface area contributed by atoms with Crippen LogP contribution >= 0.6 is 11.6 Å². The van der Waals surface area contributed by atoms with Gasteiger partial charge in [0.25, 0.3) is 0 Å². The van der Waals surface area contributed by atoms with Gasteiger partial charge in [-0.3, -0.25) is 9.59 Å². The van der Waals surface area contributed by atoms with Gasteiger partial charge in [0, 0.05) is 24.5 Å². The van der Waals surface area contributed by atoms with E-state index in [2.05, 4.69) is 0 Å². The van der Waals surface area contributed by atoms with Crippen LogP contribution in [0.4, 0.5) is 0 Å². The summed E-state index contributed by atoms with van der Waals surface area (Å²) in [5.41, 5.74) is 0.930. The monoisotopic (exact) mass is 389 g/mol. The molecule has 0 aromatic heterocycles. The van der Waals surface area contributed by atoms with E-state index in [1.165, 1.54) is 0 Å². The first-order valence-electron chi connectivity index (χ1n) is 8.62. The second-order valence-corrected chi connectivity index (χ2v) is 6.74. The number of carboxylic acids is 1. The number of ether oxygens (including phenoxy) is 2. The Balaban J connectivity index is 1.43. The van der Waals surface area contributed by atoms with Gasteiger partial charge in [0.1, 0.15) is 24.7 Å². The summed E-state index contributed by atoms with van der Waals surface area (Å²) < 4.78 is 11.2. The molecule has 2 aromatic rings. The molecule has 1 saturated heterocycles. The maximum Gasteiger partial charge on any atom is 0.308 e. The van der Waals surface area contributed by atoms with Crippen molar-refractivity contribution in [3.05, 3.63) is 59.1 Å². The molecule has 1 aliphatic rings. The number of carboxylic acid groups (broad SMARTS) is 1. The van der Waals surface area contributed by atoms with Crippen LogP contribution < -0.4 is 9.47 Å². The van der Waals surface area contributed by atoms with E-state index in [-0.39, 0.29) is 18.9 Å². The number of hydrogen-bond donors (Lipinski definition) is 1. The van der Waals surface area contributed by atoms with Gasteiger partial charge in [-0.2, -0.15) is 0 Å². The smallest absolute Gasteiger partial charge is 0.308 e. The Morgan fingerprint density at radius 2 is 1.59 bits per heavy atom. The van der Waals surface area contributed by atoms with Crippen molar-refractivity contribution in [2.24, 2.45) is 5.92 Å². The molecular weight excluding hydrogens is 370 g/mol. The summed E-state index contributed by atoms with van der Waals surface area (Å²) in [5, 5.41) is 9.69. The first-order valence-corrected chi connectivity index (χ1v) is 9.00. The number of carbonyl (C=O) groups is 2. The molecular formula is C20H20ClNO5. The molecule has 0 radical (unpaired) electrons. The first kappa shape index (κ1) is 19.0. The van der Waals surface area contributed by atoms with E-state index in [1.807, 2.05) is 24.3 Å². The number of rotatable bonds is 8. The van der Waals surface area contributed by atoms with Crippen LogP contribution in [0.3, 0.4) is 0 Å². The average molecular weight is 390 g/mol. The Labute approximate surface area is 162 Å². The molecule has 142 valence electrons. The molecule has 1 N–H and O–H groups in total. The Kier molecular flexibility index (Phi) is 6.19. The van der Waals surface area contributed by atoms with Gasteiger partial charge < -0.3 is 19.5 Å². The molecule has 3 rings (SSSR count). The highest BCUT2D eigenvalue weighted by Crippen LogP contribution is 2.21. The van der Waals surface area contributed by atoms with Gasteiger partial charge in [-0.05, 0) is 42.0 Å². The zero-order chi connectivity index (χ0) is 19.2. The Morgan fingerprint density at radius 1 is 1.04 bits per heavy atom. The van der Waals surface area contributed by atoms with Crippen molar-refractivity contribution in [3.63, 3.8) is 0 Å². The van der Waals surface area contributed by atoms with Crippen molar-refractivity contribution >= 4 is 23.5 Å². The molecule has 27 heavy (non-hydrogen) atoms. The number of nitrogens with zero attached hydrogens (tertiary/aromatic N) is 1. The normalized spacial score (nSPS) is 16.4. The molecule has 1 amide bonds. The zero-order valence-corrected chi connectivity index (χ0v) is 15.4. The van der Waals surface area contributed by atoms with Gasteiger partial charge in [-0.15, -0.1) is 0 Å². The van der Waals surface area contributed by atoms with Gasteiger partial charge in [0.15, 0.2) is 0 Å². The van der Waals surface area contributed by atoms with Gasteiger partial charge in [0.05, 0.1) is 5.92 Å². The van der Waals surface area contributed by atoms with Crippen LogP contribution in [0.25, 0.3) is 0 Å². The SMILES string of the molecule is O=C(O)C1CC(=O)N(Cc2ccc(OCCOc3ccc(Cl)cc3)cc2)C1. The van der Waals surface area contributed by atoms with Gasteiger partial charge >= 0.3 is 5.97 Å². The lowest BCUT2D eigenvalue weighted by molar-refractivity contribution is -0.141. The summed E-state index contributed by atoms with van der Waals surface area (Å²) in [6.07, 6.45) is 0.0736. The van der Waals surface area contributed by atoms with Gasteiger partial charge in [-0.25, -0.2) is 0 Å². The van der Waals surface area contributed by atoms with Crippen molar-refractivity contribution in [1.82, 2.24) is 4.90 Å². The van der Waals surface area contributed by atoms with Crippen molar-refractivity contribution in [1.29, 1.82) is 0 Å². The van der Waals surface area contributed by atoms with Crippen LogP contribution in [-0.2, 0) is 16.1 Å². The average Bonchev–Trinajstić information content (AvgIpc) is 3.02. The fraction of sp³-hybridized carbons (Fsp3) is 0.300. The van der Waals surface area contributed by atoms with Crippen LogP contribution in [0.5, 0.6) is 11.5 Å². The Morgan fingerprint density at radius 3 is 2.11 bits per heavy atom. The first-order chi connectivity index (χ1) is 13.0. The largest absolute Gasteiger partial charge is 0.490 e. The van der Waals surface area contributed by atoms with E-state index in [0.717, 1.165) is 11.3 Å². The number of likely N-dealkylation sites (tertiary alicyclic amines) is 1. The highest BCUT2D eigenvalue weighted by molar-refractivity contribution is 6.30. The second kappa shape index (κ2) is 8.77. The molecule has 1 atom stereocenters. The minimum absolute atomic E-state index is 0.0736.